The topological polar surface area (TPSA) is 55.1 Å². The molecule has 23 heavy (non-hydrogen) atoms. The Balaban J connectivity index is 1.68. The molecule has 0 saturated carbocycles. The van der Waals surface area contributed by atoms with Crippen molar-refractivity contribution < 1.29 is 0 Å². The molecular weight excluding hydrogens is 398 g/mol. The molecule has 0 radical (unpaired) electrons. The first-order valence-electron chi connectivity index (χ1n) is 6.70. The molecule has 1 N–H and O–H groups in total. The number of hydrogen-bond acceptors (Lipinski definition) is 5. The first-order chi connectivity index (χ1) is 11.2. The maximum absolute atomic E-state index is 5.89. The Labute approximate surface area is 149 Å². The van der Waals surface area contributed by atoms with Gasteiger partial charge in [0.15, 0.2) is 5.82 Å². The Kier molecular flexibility index (Phi) is 3.76. The fraction of sp³-hybridized carbons (Fsp3) is 0. The van der Waals surface area contributed by atoms with Gasteiger partial charge in [0.1, 0.15) is 0 Å². The summed E-state index contributed by atoms with van der Waals surface area (Å²) in [6.07, 6.45) is 0. The van der Waals surface area contributed by atoms with Crippen LogP contribution in [0.2, 0.25) is 5.02 Å². The molecule has 0 unspecified atom stereocenters. The Morgan fingerprint density at radius 2 is 1.74 bits per heavy atom. The summed E-state index contributed by atoms with van der Waals surface area (Å²) in [4.78, 5) is 0.736. The Morgan fingerprint density at radius 1 is 1.00 bits per heavy atom. The second-order valence-electron chi connectivity index (χ2n) is 4.76. The van der Waals surface area contributed by atoms with Crippen molar-refractivity contribution in [3.63, 3.8) is 0 Å². The van der Waals surface area contributed by atoms with Crippen molar-refractivity contribution in [2.75, 3.05) is 5.32 Å². The van der Waals surface area contributed by atoms with Gasteiger partial charge in [-0.25, -0.2) is 0 Å². The number of benzene rings is 2. The summed E-state index contributed by atoms with van der Waals surface area (Å²) in [5.74, 6) is 0.716. The van der Waals surface area contributed by atoms with Crippen molar-refractivity contribution in [1.82, 2.24) is 19.8 Å². The Hall–Kier alpha value is -1.96. The zero-order valence-corrected chi connectivity index (χ0v) is 14.7. The van der Waals surface area contributed by atoms with Crippen LogP contribution in [0.15, 0.2) is 53.0 Å². The highest BCUT2D eigenvalue weighted by Gasteiger charge is 2.13. The van der Waals surface area contributed by atoms with Crippen molar-refractivity contribution in [2.45, 2.75) is 0 Å². The van der Waals surface area contributed by atoms with Gasteiger partial charge in [-0.3, -0.25) is 0 Å². The van der Waals surface area contributed by atoms with E-state index in [4.69, 9.17) is 11.6 Å². The molecule has 114 valence electrons. The highest BCUT2D eigenvalue weighted by atomic mass is 79.9. The summed E-state index contributed by atoms with van der Waals surface area (Å²) >= 11 is 10.8. The van der Waals surface area contributed by atoms with Gasteiger partial charge < -0.3 is 5.32 Å². The van der Waals surface area contributed by atoms with E-state index in [1.807, 2.05) is 48.5 Å². The third-order valence-electron chi connectivity index (χ3n) is 3.19. The van der Waals surface area contributed by atoms with Crippen molar-refractivity contribution >= 4 is 54.6 Å². The zero-order chi connectivity index (χ0) is 15.8. The quantitative estimate of drug-likeness (QED) is 0.519. The van der Waals surface area contributed by atoms with E-state index < -0.39 is 0 Å². The maximum Gasteiger partial charge on any atom is 0.236 e. The van der Waals surface area contributed by atoms with Crippen LogP contribution in [0, 0.1) is 0 Å². The molecule has 0 fully saturated rings. The second kappa shape index (κ2) is 5.92. The number of aromatic nitrogens is 4. The minimum atomic E-state index is 0.700. The molecule has 2 aromatic carbocycles. The van der Waals surface area contributed by atoms with Crippen LogP contribution in [0.1, 0.15) is 0 Å². The number of nitrogens with one attached hydrogen (secondary N) is 1. The molecule has 0 amide bonds. The largest absolute Gasteiger partial charge is 0.330 e. The average molecular weight is 407 g/mol. The SMILES string of the molecule is Clc1ccc(Nc2nn3c(-c4ccc(Br)cc4)nnc3s2)cc1. The fourth-order valence-corrected chi connectivity index (χ4v) is 3.25. The molecule has 0 aliphatic carbocycles. The van der Waals surface area contributed by atoms with E-state index >= 15 is 0 Å². The van der Waals surface area contributed by atoms with Gasteiger partial charge in [-0.15, -0.1) is 15.3 Å². The summed E-state index contributed by atoms with van der Waals surface area (Å²) in [5.41, 5.74) is 1.88. The van der Waals surface area contributed by atoms with E-state index in [0.717, 1.165) is 25.8 Å². The summed E-state index contributed by atoms with van der Waals surface area (Å²) < 4.78 is 2.76. The molecule has 5 nitrogen and oxygen atoms in total. The van der Waals surface area contributed by atoms with E-state index in [9.17, 15) is 0 Å². The number of anilines is 2. The van der Waals surface area contributed by atoms with Gasteiger partial charge in [0.05, 0.1) is 0 Å². The van der Waals surface area contributed by atoms with Crippen LogP contribution in [-0.2, 0) is 0 Å². The smallest absolute Gasteiger partial charge is 0.236 e. The van der Waals surface area contributed by atoms with Crippen LogP contribution in [0.4, 0.5) is 10.8 Å². The van der Waals surface area contributed by atoms with Crippen LogP contribution in [0.3, 0.4) is 0 Å². The van der Waals surface area contributed by atoms with Gasteiger partial charge in [-0.1, -0.05) is 51.0 Å². The standard InChI is InChI=1S/C15H9BrClN5S/c16-10-3-1-9(2-4-10)13-19-20-15-22(13)21-14(23-15)18-12-7-5-11(17)6-8-12/h1-8H,(H,18,21). The number of hydrogen-bond donors (Lipinski definition) is 1. The third-order valence-corrected chi connectivity index (χ3v) is 4.78. The molecule has 0 aliphatic heterocycles. The van der Waals surface area contributed by atoms with E-state index in [-0.39, 0.29) is 0 Å². The summed E-state index contributed by atoms with van der Waals surface area (Å²) in [6, 6.07) is 15.4. The predicted octanol–water partition coefficient (Wildman–Crippen LogP) is 5.01. The van der Waals surface area contributed by atoms with Gasteiger partial charge in [0.25, 0.3) is 0 Å². The van der Waals surface area contributed by atoms with Crippen LogP contribution >= 0.6 is 38.9 Å². The molecule has 4 aromatic rings. The summed E-state index contributed by atoms with van der Waals surface area (Å²) in [6.45, 7) is 0. The van der Waals surface area contributed by atoms with Crippen molar-refractivity contribution in [1.29, 1.82) is 0 Å². The fourth-order valence-electron chi connectivity index (χ4n) is 2.10. The highest BCUT2D eigenvalue weighted by Crippen LogP contribution is 2.27. The lowest BCUT2D eigenvalue weighted by molar-refractivity contribution is 0.970. The van der Waals surface area contributed by atoms with Crippen molar-refractivity contribution in [3.8, 4) is 11.4 Å². The first-order valence-corrected chi connectivity index (χ1v) is 8.68. The second-order valence-corrected chi connectivity index (χ2v) is 7.07. The third kappa shape index (κ3) is 2.95. The molecule has 2 aromatic heterocycles. The highest BCUT2D eigenvalue weighted by molar-refractivity contribution is 9.10. The molecule has 4 rings (SSSR count). The molecule has 2 heterocycles. The monoisotopic (exact) mass is 405 g/mol. The number of halogens is 2. The molecular formula is C15H9BrClN5S. The molecule has 0 bridgehead atoms. The van der Waals surface area contributed by atoms with E-state index in [1.165, 1.54) is 11.3 Å². The van der Waals surface area contributed by atoms with Crippen LogP contribution in [-0.4, -0.2) is 19.8 Å². The first kappa shape index (κ1) is 14.6. The van der Waals surface area contributed by atoms with Crippen molar-refractivity contribution in [2.24, 2.45) is 0 Å². The van der Waals surface area contributed by atoms with E-state index in [1.54, 1.807) is 4.52 Å². The molecule has 0 spiro atoms. The van der Waals surface area contributed by atoms with Crippen LogP contribution < -0.4 is 5.32 Å². The minimum Gasteiger partial charge on any atom is -0.330 e. The minimum absolute atomic E-state index is 0.700. The molecule has 8 heteroatoms. The van der Waals surface area contributed by atoms with E-state index in [0.29, 0.717) is 10.8 Å². The van der Waals surface area contributed by atoms with Gasteiger partial charge in [0, 0.05) is 20.7 Å². The number of rotatable bonds is 3. The van der Waals surface area contributed by atoms with Gasteiger partial charge in [-0.05, 0) is 36.4 Å². The maximum atomic E-state index is 5.89. The molecule has 0 saturated heterocycles. The van der Waals surface area contributed by atoms with Crippen LogP contribution in [0.25, 0.3) is 16.3 Å². The molecule has 0 atom stereocenters. The number of nitrogens with zero attached hydrogens (tertiary/aromatic N) is 4. The van der Waals surface area contributed by atoms with Gasteiger partial charge in [-0.2, -0.15) is 4.52 Å². The summed E-state index contributed by atoms with van der Waals surface area (Å²) in [5, 5.41) is 17.6. The lowest BCUT2D eigenvalue weighted by atomic mass is 10.2. The summed E-state index contributed by atoms with van der Waals surface area (Å²) in [7, 11) is 0. The normalized spacial score (nSPS) is 11.0. The van der Waals surface area contributed by atoms with Gasteiger partial charge >= 0.3 is 0 Å². The predicted molar refractivity (Wildman–Crippen MR) is 96.5 cm³/mol. The lowest BCUT2D eigenvalue weighted by Gasteiger charge is -2.01. The average Bonchev–Trinajstić information content (AvgIpc) is 3.11. The van der Waals surface area contributed by atoms with Crippen molar-refractivity contribution in [3.05, 3.63) is 58.0 Å². The van der Waals surface area contributed by atoms with Gasteiger partial charge in [0.2, 0.25) is 10.1 Å². The van der Waals surface area contributed by atoms with E-state index in [2.05, 4.69) is 36.5 Å². The zero-order valence-electron chi connectivity index (χ0n) is 11.6. The Bertz CT molecular complexity index is 962. The Morgan fingerprint density at radius 3 is 2.48 bits per heavy atom. The van der Waals surface area contributed by atoms with Crippen LogP contribution in [0.5, 0.6) is 0 Å². The lowest BCUT2D eigenvalue weighted by Crippen LogP contribution is -1.94. The molecule has 0 aliphatic rings. The number of fused-ring (bicyclic) bond motifs is 1.